The second kappa shape index (κ2) is 18.5. The molecular formula is C12H34IO6+. The van der Waals surface area contributed by atoms with Gasteiger partial charge >= 0.3 is 0 Å². The van der Waals surface area contributed by atoms with Gasteiger partial charge in [-0.25, -0.2) is 0 Å². The predicted octanol–water partition coefficient (Wildman–Crippen LogP) is -4.21. The number of hydrogen-bond donors (Lipinski definition) is 0. The smallest absolute Gasteiger partial charge is 0.275 e. The second-order valence-electron chi connectivity index (χ2n) is 4.60. The number of rotatable bonds is 2. The van der Waals surface area contributed by atoms with Gasteiger partial charge in [0.05, 0.1) is 0 Å². The summed E-state index contributed by atoms with van der Waals surface area (Å²) < 4.78 is 2.46. The van der Waals surface area contributed by atoms with E-state index < -0.39 is 0 Å². The lowest BCUT2D eigenvalue weighted by Gasteiger charge is -2.17. The zero-order valence-electron chi connectivity index (χ0n) is 11.6. The van der Waals surface area contributed by atoms with Crippen molar-refractivity contribution in [3.05, 3.63) is 0 Å². The minimum atomic E-state index is 0. The maximum atomic E-state index is 1.60. The van der Waals surface area contributed by atoms with E-state index in [1.54, 1.807) is 51.4 Å². The molecule has 2 aliphatic rings. The second-order valence-corrected chi connectivity index (χ2v) is 8.84. The minimum Gasteiger partial charge on any atom is -0.412 e. The lowest BCUT2D eigenvalue weighted by molar-refractivity contribution is -0.725. The van der Waals surface area contributed by atoms with Gasteiger partial charge in [0.1, 0.15) is 0 Å². The molecule has 2 saturated carbocycles. The Bertz CT molecular complexity index is 133. The predicted molar refractivity (Wildman–Crippen MR) is 75.4 cm³/mol. The highest BCUT2D eigenvalue weighted by Gasteiger charge is 2.33. The minimum absolute atomic E-state index is 0. The van der Waals surface area contributed by atoms with Gasteiger partial charge in [-0.1, -0.05) is 12.8 Å². The maximum absolute atomic E-state index is 1.60. The third-order valence-corrected chi connectivity index (χ3v) is 7.95. The molecule has 2 rings (SSSR count). The normalized spacial score (nSPS) is 18.9. The first-order chi connectivity index (χ1) is 6.45. The van der Waals surface area contributed by atoms with E-state index in [4.69, 9.17) is 0 Å². The van der Waals surface area contributed by atoms with Gasteiger partial charge in [-0.05, 0) is 51.4 Å². The van der Waals surface area contributed by atoms with Crippen molar-refractivity contribution in [3.8, 4) is 0 Å². The maximum Gasteiger partial charge on any atom is 0.275 e. The Kier molecular flexibility index (Phi) is 30.9. The molecule has 0 atom stereocenters. The first-order valence-electron chi connectivity index (χ1n) is 6.07. The van der Waals surface area contributed by atoms with Gasteiger partial charge in [-0.2, -0.15) is 0 Å². The van der Waals surface area contributed by atoms with Crippen LogP contribution in [0.1, 0.15) is 64.2 Å². The zero-order chi connectivity index (χ0) is 8.93. The molecular weight excluding hydrogens is 367 g/mol. The Morgan fingerprint density at radius 1 is 0.421 bits per heavy atom. The van der Waals surface area contributed by atoms with Crippen LogP contribution in [0.25, 0.3) is 0 Å². The van der Waals surface area contributed by atoms with Crippen LogP contribution >= 0.6 is 0 Å². The van der Waals surface area contributed by atoms with E-state index in [1.165, 1.54) is 20.7 Å². The molecule has 124 valence electrons. The highest BCUT2D eigenvalue weighted by molar-refractivity contribution is 4.67. The topological polar surface area (TPSA) is 189 Å². The monoisotopic (exact) mass is 401 g/mol. The van der Waals surface area contributed by atoms with Crippen LogP contribution in [0.3, 0.4) is 0 Å². The van der Waals surface area contributed by atoms with Crippen LogP contribution in [0.15, 0.2) is 0 Å². The number of alkyl halides is 2. The van der Waals surface area contributed by atoms with Crippen molar-refractivity contribution in [2.75, 3.05) is 0 Å². The summed E-state index contributed by atoms with van der Waals surface area (Å²) in [7, 11) is 0. The van der Waals surface area contributed by atoms with E-state index in [2.05, 4.69) is 0 Å². The zero-order valence-corrected chi connectivity index (χ0v) is 13.8. The molecule has 0 radical (unpaired) electrons. The summed E-state index contributed by atoms with van der Waals surface area (Å²) in [5.41, 5.74) is 0. The quantitative estimate of drug-likeness (QED) is 0.321. The summed E-state index contributed by atoms with van der Waals surface area (Å²) >= 11 is 0.583. The lowest BCUT2D eigenvalue weighted by atomic mass is 10.0. The van der Waals surface area contributed by atoms with E-state index >= 15 is 0 Å². The number of hydrogen-bond acceptors (Lipinski definition) is 0. The van der Waals surface area contributed by atoms with Crippen molar-refractivity contribution in [2.45, 2.75) is 72.1 Å². The third-order valence-electron chi connectivity index (χ3n) is 3.43. The van der Waals surface area contributed by atoms with Gasteiger partial charge < -0.3 is 32.9 Å². The van der Waals surface area contributed by atoms with Gasteiger partial charge in [0.15, 0.2) is 7.85 Å². The Labute approximate surface area is 126 Å². The van der Waals surface area contributed by atoms with Gasteiger partial charge in [0, 0.05) is 0 Å². The van der Waals surface area contributed by atoms with Crippen molar-refractivity contribution >= 4 is 0 Å². The van der Waals surface area contributed by atoms with E-state index in [1.807, 2.05) is 0 Å². The first kappa shape index (κ1) is 31.7. The van der Waals surface area contributed by atoms with Crippen molar-refractivity contribution in [2.24, 2.45) is 0 Å². The Morgan fingerprint density at radius 3 is 0.947 bits per heavy atom. The molecule has 12 N–H and O–H groups in total. The van der Waals surface area contributed by atoms with Crippen LogP contribution in [-0.4, -0.2) is 40.7 Å². The summed E-state index contributed by atoms with van der Waals surface area (Å²) in [5, 5.41) is 0. The molecule has 2 aliphatic carbocycles. The van der Waals surface area contributed by atoms with Gasteiger partial charge in [-0.15, -0.1) is 0 Å². The molecule has 0 spiro atoms. The standard InChI is InChI=1S/C12H22I.6H2O/c1-3-7-11(8-4-1)13-12-9-5-2-6-10-12;;;;;;/h11-12H,1-10H2;6*1H2/q+1;;;;;;. The average molecular weight is 401 g/mol. The fourth-order valence-electron chi connectivity index (χ4n) is 2.61. The van der Waals surface area contributed by atoms with Crippen LogP contribution in [0, 0.1) is 0 Å². The lowest BCUT2D eigenvalue weighted by Crippen LogP contribution is -3.68. The summed E-state index contributed by atoms with van der Waals surface area (Å²) in [6, 6.07) is 0. The fourth-order valence-corrected chi connectivity index (χ4v) is 7.25. The number of halogens is 1. The van der Waals surface area contributed by atoms with Crippen molar-refractivity contribution in [1.82, 2.24) is 0 Å². The SMILES string of the molecule is C1CCC([I+]C2CCCCC2)CC1.O.O.O.O.O.O. The molecule has 0 aliphatic heterocycles. The molecule has 0 aromatic rings. The Hall–Kier alpha value is 0.490. The molecule has 0 aromatic carbocycles. The van der Waals surface area contributed by atoms with Crippen molar-refractivity contribution < 1.29 is 54.1 Å². The molecule has 0 heterocycles. The van der Waals surface area contributed by atoms with E-state index in [0.717, 1.165) is 0 Å². The van der Waals surface area contributed by atoms with Crippen LogP contribution in [0.4, 0.5) is 0 Å². The molecule has 0 amide bonds. The summed E-state index contributed by atoms with van der Waals surface area (Å²) in [6.07, 6.45) is 15.7. The van der Waals surface area contributed by atoms with Crippen LogP contribution in [0.5, 0.6) is 0 Å². The van der Waals surface area contributed by atoms with Crippen molar-refractivity contribution in [1.29, 1.82) is 0 Å². The van der Waals surface area contributed by atoms with E-state index in [-0.39, 0.29) is 32.9 Å². The van der Waals surface area contributed by atoms with E-state index in [0.29, 0.717) is 21.2 Å². The highest BCUT2D eigenvalue weighted by atomic mass is 127. The fraction of sp³-hybridized carbons (Fsp3) is 1.00. The Morgan fingerprint density at radius 2 is 0.684 bits per heavy atom. The molecule has 0 unspecified atom stereocenters. The van der Waals surface area contributed by atoms with E-state index in [9.17, 15) is 0 Å². The molecule has 6 nitrogen and oxygen atoms in total. The highest BCUT2D eigenvalue weighted by Crippen LogP contribution is 2.16. The van der Waals surface area contributed by atoms with Gasteiger partial charge in [0.25, 0.3) is 21.2 Å². The first-order valence-corrected chi connectivity index (χ1v) is 8.56. The molecule has 19 heavy (non-hydrogen) atoms. The van der Waals surface area contributed by atoms with Crippen LogP contribution in [0.2, 0.25) is 0 Å². The van der Waals surface area contributed by atoms with Crippen LogP contribution in [-0.2, 0) is 0 Å². The molecule has 2 fully saturated rings. The van der Waals surface area contributed by atoms with Gasteiger partial charge in [0.2, 0.25) is 0 Å². The van der Waals surface area contributed by atoms with Crippen LogP contribution < -0.4 is 21.2 Å². The molecule has 0 bridgehead atoms. The molecule has 7 heteroatoms. The average Bonchev–Trinajstić information content (AvgIpc) is 2.21. The van der Waals surface area contributed by atoms with Crippen molar-refractivity contribution in [3.63, 3.8) is 0 Å². The Balaban J connectivity index is -0.000000109. The summed E-state index contributed by atoms with van der Waals surface area (Å²) in [6.45, 7) is 0. The largest absolute Gasteiger partial charge is 0.412 e. The summed E-state index contributed by atoms with van der Waals surface area (Å²) in [5.74, 6) is 0. The van der Waals surface area contributed by atoms with Gasteiger partial charge in [-0.3, -0.25) is 0 Å². The summed E-state index contributed by atoms with van der Waals surface area (Å²) in [4.78, 5) is 0. The molecule has 0 aromatic heterocycles. The molecule has 0 saturated heterocycles. The third kappa shape index (κ3) is 12.0.